The van der Waals surface area contributed by atoms with Crippen LogP contribution in [0, 0.1) is 0 Å². The Morgan fingerprint density at radius 2 is 2.20 bits per heavy atom. The number of amides is 1. The number of carbonyl (C=O) groups excluding carboxylic acids is 1. The van der Waals surface area contributed by atoms with E-state index in [9.17, 15) is 9.90 Å². The molecule has 1 aromatic heterocycles. The number of fused-ring (bicyclic) bond motifs is 1. The van der Waals surface area contributed by atoms with Crippen LogP contribution in [-0.4, -0.2) is 41.3 Å². The first-order valence-corrected chi connectivity index (χ1v) is 8.52. The first-order chi connectivity index (χ1) is 12.2. The SMILES string of the molecule is CCOc1cc(C(=O)NC[C@@H](O)[C@@H]2Cc3ccccc3CN2)ccn1. The lowest BCUT2D eigenvalue weighted by Gasteiger charge is -2.30. The maximum absolute atomic E-state index is 12.3. The van der Waals surface area contributed by atoms with E-state index in [1.54, 1.807) is 12.1 Å². The van der Waals surface area contributed by atoms with Gasteiger partial charge in [0.25, 0.3) is 5.91 Å². The van der Waals surface area contributed by atoms with Crippen molar-refractivity contribution < 1.29 is 14.6 Å². The molecule has 25 heavy (non-hydrogen) atoms. The van der Waals surface area contributed by atoms with Gasteiger partial charge in [0.05, 0.1) is 12.7 Å². The molecule has 3 rings (SSSR count). The molecule has 0 bridgehead atoms. The molecular weight excluding hydrogens is 318 g/mol. The van der Waals surface area contributed by atoms with Gasteiger partial charge in [-0.2, -0.15) is 0 Å². The maximum atomic E-state index is 12.3. The van der Waals surface area contributed by atoms with Crippen LogP contribution in [-0.2, 0) is 13.0 Å². The number of hydrogen-bond donors (Lipinski definition) is 3. The molecule has 132 valence electrons. The molecule has 2 heterocycles. The van der Waals surface area contributed by atoms with E-state index in [1.165, 1.54) is 17.3 Å². The first-order valence-electron chi connectivity index (χ1n) is 8.52. The smallest absolute Gasteiger partial charge is 0.251 e. The first kappa shape index (κ1) is 17.4. The van der Waals surface area contributed by atoms with Crippen molar-refractivity contribution in [2.45, 2.75) is 32.0 Å². The molecule has 0 fully saturated rings. The lowest BCUT2D eigenvalue weighted by molar-refractivity contribution is 0.0869. The molecule has 0 aliphatic carbocycles. The molecular formula is C19H23N3O3. The van der Waals surface area contributed by atoms with Crippen molar-refractivity contribution in [3.8, 4) is 5.88 Å². The number of aliphatic hydroxyl groups excluding tert-OH is 1. The summed E-state index contributed by atoms with van der Waals surface area (Å²) in [6, 6.07) is 11.3. The number of aliphatic hydroxyl groups is 1. The largest absolute Gasteiger partial charge is 0.478 e. The molecule has 2 atom stereocenters. The fourth-order valence-electron chi connectivity index (χ4n) is 2.97. The normalized spacial score (nSPS) is 17.4. The van der Waals surface area contributed by atoms with Gasteiger partial charge in [-0.15, -0.1) is 0 Å². The molecule has 0 saturated carbocycles. The van der Waals surface area contributed by atoms with Crippen LogP contribution in [0.2, 0.25) is 0 Å². The zero-order chi connectivity index (χ0) is 17.6. The molecule has 1 aromatic carbocycles. The Balaban J connectivity index is 1.55. The standard InChI is InChI=1S/C19H23N3O3/c1-2-25-18-10-14(7-8-20-18)19(24)22-12-17(23)16-9-13-5-3-4-6-15(13)11-21-16/h3-8,10,16-17,21,23H,2,9,11-12H2,1H3,(H,22,24)/t16-,17+/m0/s1. The van der Waals surface area contributed by atoms with E-state index >= 15 is 0 Å². The molecule has 2 aromatic rings. The van der Waals surface area contributed by atoms with Crippen LogP contribution in [0.5, 0.6) is 5.88 Å². The van der Waals surface area contributed by atoms with E-state index in [-0.39, 0.29) is 18.5 Å². The summed E-state index contributed by atoms with van der Waals surface area (Å²) in [5, 5.41) is 16.5. The fourth-order valence-corrected chi connectivity index (χ4v) is 2.97. The van der Waals surface area contributed by atoms with E-state index < -0.39 is 6.10 Å². The van der Waals surface area contributed by atoms with Gasteiger partial charge in [-0.25, -0.2) is 4.98 Å². The lowest BCUT2D eigenvalue weighted by Crippen LogP contribution is -2.49. The van der Waals surface area contributed by atoms with Gasteiger partial charge in [-0.1, -0.05) is 24.3 Å². The average molecular weight is 341 g/mol. The summed E-state index contributed by atoms with van der Waals surface area (Å²) in [7, 11) is 0. The molecule has 1 aliphatic heterocycles. The summed E-state index contributed by atoms with van der Waals surface area (Å²) in [6.07, 6.45) is 1.62. The molecule has 1 aliphatic rings. The molecule has 6 heteroatoms. The highest BCUT2D eigenvalue weighted by molar-refractivity contribution is 5.94. The third kappa shape index (κ3) is 4.35. The van der Waals surface area contributed by atoms with Crippen LogP contribution >= 0.6 is 0 Å². The molecule has 1 amide bonds. The fraction of sp³-hybridized carbons (Fsp3) is 0.368. The number of pyridine rings is 1. The highest BCUT2D eigenvalue weighted by Crippen LogP contribution is 2.17. The minimum atomic E-state index is -0.662. The van der Waals surface area contributed by atoms with Crippen LogP contribution in [0.15, 0.2) is 42.6 Å². The Morgan fingerprint density at radius 1 is 1.40 bits per heavy atom. The van der Waals surface area contributed by atoms with E-state index in [4.69, 9.17) is 4.74 Å². The summed E-state index contributed by atoms with van der Waals surface area (Å²) in [5.41, 5.74) is 2.97. The van der Waals surface area contributed by atoms with Gasteiger partial charge >= 0.3 is 0 Å². The Morgan fingerprint density at radius 3 is 3.00 bits per heavy atom. The van der Waals surface area contributed by atoms with Crippen molar-refractivity contribution in [1.82, 2.24) is 15.6 Å². The summed E-state index contributed by atoms with van der Waals surface area (Å²) in [4.78, 5) is 16.3. The maximum Gasteiger partial charge on any atom is 0.251 e. The van der Waals surface area contributed by atoms with E-state index in [2.05, 4.69) is 27.8 Å². The molecule has 0 unspecified atom stereocenters. The van der Waals surface area contributed by atoms with Crippen LogP contribution in [0.4, 0.5) is 0 Å². The van der Waals surface area contributed by atoms with Crippen molar-refractivity contribution >= 4 is 5.91 Å². The van der Waals surface area contributed by atoms with Gasteiger partial charge in [0, 0.05) is 37.0 Å². The second kappa shape index (κ2) is 8.09. The molecule has 0 spiro atoms. The monoisotopic (exact) mass is 341 g/mol. The third-order valence-corrected chi connectivity index (χ3v) is 4.34. The number of ether oxygens (including phenoxy) is 1. The Kier molecular flexibility index (Phi) is 5.63. The Bertz CT molecular complexity index is 735. The van der Waals surface area contributed by atoms with Crippen molar-refractivity contribution in [3.63, 3.8) is 0 Å². The van der Waals surface area contributed by atoms with Gasteiger partial charge in [0.2, 0.25) is 5.88 Å². The number of nitrogens with one attached hydrogen (secondary N) is 2. The predicted molar refractivity (Wildman–Crippen MR) is 94.5 cm³/mol. The lowest BCUT2D eigenvalue weighted by atomic mass is 9.93. The Hall–Kier alpha value is -2.44. The minimum Gasteiger partial charge on any atom is -0.478 e. The van der Waals surface area contributed by atoms with Crippen molar-refractivity contribution in [3.05, 3.63) is 59.3 Å². The number of aromatic nitrogens is 1. The zero-order valence-electron chi connectivity index (χ0n) is 14.2. The van der Waals surface area contributed by atoms with Gasteiger partial charge in [-0.05, 0) is 30.5 Å². The summed E-state index contributed by atoms with van der Waals surface area (Å²) in [5.74, 6) is 0.167. The number of rotatable bonds is 6. The van der Waals surface area contributed by atoms with E-state index in [0.717, 1.165) is 13.0 Å². The molecule has 3 N–H and O–H groups in total. The van der Waals surface area contributed by atoms with Crippen molar-refractivity contribution in [2.75, 3.05) is 13.2 Å². The van der Waals surface area contributed by atoms with Crippen molar-refractivity contribution in [1.29, 1.82) is 0 Å². The van der Waals surface area contributed by atoms with Crippen LogP contribution < -0.4 is 15.4 Å². The van der Waals surface area contributed by atoms with E-state index in [0.29, 0.717) is 18.1 Å². The molecule has 6 nitrogen and oxygen atoms in total. The second-order valence-electron chi connectivity index (χ2n) is 6.05. The quantitative estimate of drug-likeness (QED) is 0.737. The predicted octanol–water partition coefficient (Wildman–Crippen LogP) is 1.29. The van der Waals surface area contributed by atoms with Crippen molar-refractivity contribution in [2.24, 2.45) is 0 Å². The number of nitrogens with zero attached hydrogens (tertiary/aromatic N) is 1. The van der Waals surface area contributed by atoms with E-state index in [1.807, 2.05) is 19.1 Å². The summed E-state index contributed by atoms with van der Waals surface area (Å²) >= 11 is 0. The molecule has 0 saturated heterocycles. The second-order valence-corrected chi connectivity index (χ2v) is 6.05. The van der Waals surface area contributed by atoms with Crippen LogP contribution in [0.3, 0.4) is 0 Å². The van der Waals surface area contributed by atoms with Gasteiger partial charge in [0.15, 0.2) is 0 Å². The average Bonchev–Trinajstić information content (AvgIpc) is 2.66. The Labute approximate surface area is 147 Å². The molecule has 0 radical (unpaired) electrons. The number of benzene rings is 1. The topological polar surface area (TPSA) is 83.5 Å². The number of carbonyl (C=O) groups is 1. The van der Waals surface area contributed by atoms with Crippen LogP contribution in [0.1, 0.15) is 28.4 Å². The summed E-state index contributed by atoms with van der Waals surface area (Å²) in [6.45, 7) is 3.27. The zero-order valence-corrected chi connectivity index (χ0v) is 14.2. The van der Waals surface area contributed by atoms with Gasteiger partial charge < -0.3 is 20.5 Å². The third-order valence-electron chi connectivity index (χ3n) is 4.34. The summed E-state index contributed by atoms with van der Waals surface area (Å²) < 4.78 is 5.30. The van der Waals surface area contributed by atoms with Gasteiger partial charge in [0.1, 0.15) is 0 Å². The highest BCUT2D eigenvalue weighted by Gasteiger charge is 2.24. The highest BCUT2D eigenvalue weighted by atomic mass is 16.5. The number of hydrogen-bond acceptors (Lipinski definition) is 5. The van der Waals surface area contributed by atoms with Crippen LogP contribution in [0.25, 0.3) is 0 Å². The minimum absolute atomic E-state index is 0.0772. The van der Waals surface area contributed by atoms with Gasteiger partial charge in [-0.3, -0.25) is 4.79 Å².